The molecule has 0 spiro atoms. The molecule has 0 aliphatic heterocycles. The Morgan fingerprint density at radius 1 is 1.46 bits per heavy atom. The van der Waals surface area contributed by atoms with Crippen LogP contribution in [-0.2, 0) is 6.42 Å². The molecule has 0 N–H and O–H groups in total. The van der Waals surface area contributed by atoms with Gasteiger partial charge in [-0.15, -0.1) is 11.3 Å². The van der Waals surface area contributed by atoms with Crippen molar-refractivity contribution in [1.29, 1.82) is 0 Å². The highest BCUT2D eigenvalue weighted by atomic mass is 79.9. The van der Waals surface area contributed by atoms with Crippen molar-refractivity contribution in [2.24, 2.45) is 0 Å². The van der Waals surface area contributed by atoms with E-state index in [9.17, 15) is 0 Å². The quantitative estimate of drug-likeness (QED) is 0.753. The molecule has 0 atom stereocenters. The van der Waals surface area contributed by atoms with Crippen molar-refractivity contribution >= 4 is 37.5 Å². The molecular weight excluding hydrogens is 246 g/mol. The van der Waals surface area contributed by atoms with Crippen LogP contribution < -0.4 is 0 Å². The lowest BCUT2D eigenvalue weighted by atomic mass is 10.2. The van der Waals surface area contributed by atoms with Crippen molar-refractivity contribution in [3.63, 3.8) is 0 Å². The van der Waals surface area contributed by atoms with Gasteiger partial charge < -0.3 is 0 Å². The summed E-state index contributed by atoms with van der Waals surface area (Å²) in [6.07, 6.45) is 1.07. The van der Waals surface area contributed by atoms with E-state index in [-0.39, 0.29) is 0 Å². The normalized spacial score (nSPS) is 11.0. The van der Waals surface area contributed by atoms with Crippen molar-refractivity contribution in [3.8, 4) is 0 Å². The highest BCUT2D eigenvalue weighted by Crippen LogP contribution is 2.29. The molecule has 0 aliphatic carbocycles. The van der Waals surface area contributed by atoms with Crippen LogP contribution in [0, 0.1) is 6.92 Å². The number of aromatic nitrogens is 1. The third-order valence-electron chi connectivity index (χ3n) is 2.02. The summed E-state index contributed by atoms with van der Waals surface area (Å²) in [7, 11) is 0. The second-order valence-electron chi connectivity index (χ2n) is 3.00. The number of aryl methyl sites for hydroxylation is 2. The van der Waals surface area contributed by atoms with Gasteiger partial charge in [-0.2, -0.15) is 0 Å². The molecule has 13 heavy (non-hydrogen) atoms. The van der Waals surface area contributed by atoms with E-state index in [1.807, 2.05) is 0 Å². The smallest absolute Gasteiger partial charge is 0.0907 e. The number of fused-ring (bicyclic) bond motifs is 1. The van der Waals surface area contributed by atoms with Crippen molar-refractivity contribution in [2.45, 2.75) is 20.3 Å². The molecule has 68 valence electrons. The molecule has 0 saturated carbocycles. The fourth-order valence-electron chi connectivity index (χ4n) is 1.44. The number of hydrogen-bond donors (Lipinski definition) is 0. The van der Waals surface area contributed by atoms with Crippen LogP contribution in [0.2, 0.25) is 0 Å². The van der Waals surface area contributed by atoms with Crippen molar-refractivity contribution in [1.82, 2.24) is 4.98 Å². The molecule has 1 heterocycles. The Hall–Kier alpha value is -0.410. The van der Waals surface area contributed by atoms with Crippen LogP contribution in [0.1, 0.15) is 17.5 Å². The molecule has 2 aromatic rings. The number of rotatable bonds is 1. The van der Waals surface area contributed by atoms with E-state index in [1.165, 1.54) is 10.3 Å². The summed E-state index contributed by atoms with van der Waals surface area (Å²) in [5.41, 5.74) is 2.50. The summed E-state index contributed by atoms with van der Waals surface area (Å²) >= 11 is 5.28. The molecule has 0 radical (unpaired) electrons. The molecule has 1 aromatic carbocycles. The maximum Gasteiger partial charge on any atom is 0.0907 e. The van der Waals surface area contributed by atoms with E-state index < -0.39 is 0 Å². The molecule has 0 amide bonds. The molecule has 0 saturated heterocycles. The SMILES string of the molecule is CCc1cc(Br)cc2nc(C)sc12. The highest BCUT2D eigenvalue weighted by Gasteiger charge is 2.05. The van der Waals surface area contributed by atoms with Gasteiger partial charge in [-0.3, -0.25) is 0 Å². The third kappa shape index (κ3) is 1.63. The Kier molecular flexibility index (Phi) is 2.39. The Morgan fingerprint density at radius 3 is 2.92 bits per heavy atom. The Morgan fingerprint density at radius 2 is 2.23 bits per heavy atom. The molecule has 1 nitrogen and oxygen atoms in total. The first-order chi connectivity index (χ1) is 6.20. The second kappa shape index (κ2) is 3.39. The number of hydrogen-bond acceptors (Lipinski definition) is 2. The number of halogens is 1. The van der Waals surface area contributed by atoms with Crippen LogP contribution in [-0.4, -0.2) is 4.98 Å². The average molecular weight is 256 g/mol. The lowest BCUT2D eigenvalue weighted by molar-refractivity contribution is 1.16. The van der Waals surface area contributed by atoms with Crippen molar-refractivity contribution in [3.05, 3.63) is 27.2 Å². The standard InChI is InChI=1S/C10H10BrNS/c1-3-7-4-8(11)5-9-10(7)13-6(2)12-9/h4-5H,3H2,1-2H3. The number of thiazole rings is 1. The van der Waals surface area contributed by atoms with Gasteiger partial charge in [0.2, 0.25) is 0 Å². The Bertz CT molecular complexity index is 447. The number of nitrogens with zero attached hydrogens (tertiary/aromatic N) is 1. The zero-order chi connectivity index (χ0) is 9.42. The minimum atomic E-state index is 1.07. The second-order valence-corrected chi connectivity index (χ2v) is 5.12. The molecule has 2 rings (SSSR count). The van der Waals surface area contributed by atoms with Gasteiger partial charge in [-0.25, -0.2) is 4.98 Å². The van der Waals surface area contributed by atoms with Gasteiger partial charge in [0.25, 0.3) is 0 Å². The summed E-state index contributed by atoms with van der Waals surface area (Å²) in [5.74, 6) is 0. The van der Waals surface area contributed by atoms with Crippen molar-refractivity contribution in [2.75, 3.05) is 0 Å². The lowest BCUT2D eigenvalue weighted by Crippen LogP contribution is -1.80. The molecule has 0 fully saturated rings. The first-order valence-electron chi connectivity index (χ1n) is 4.26. The van der Waals surface area contributed by atoms with Gasteiger partial charge in [0.05, 0.1) is 15.2 Å². The topological polar surface area (TPSA) is 12.9 Å². The average Bonchev–Trinajstić information content (AvgIpc) is 2.43. The van der Waals surface area contributed by atoms with Crippen LogP contribution in [0.15, 0.2) is 16.6 Å². The molecule has 0 aliphatic rings. The maximum atomic E-state index is 4.47. The van der Waals surface area contributed by atoms with Gasteiger partial charge in [0, 0.05) is 4.47 Å². The van der Waals surface area contributed by atoms with Gasteiger partial charge in [0.15, 0.2) is 0 Å². The lowest BCUT2D eigenvalue weighted by Gasteiger charge is -1.98. The summed E-state index contributed by atoms with van der Waals surface area (Å²) < 4.78 is 2.46. The van der Waals surface area contributed by atoms with Crippen LogP contribution in [0.25, 0.3) is 10.2 Å². The predicted molar refractivity (Wildman–Crippen MR) is 61.4 cm³/mol. The van der Waals surface area contributed by atoms with E-state index in [0.29, 0.717) is 0 Å². The summed E-state index contributed by atoms with van der Waals surface area (Å²) in [5, 5.41) is 1.14. The van der Waals surface area contributed by atoms with Gasteiger partial charge in [0.1, 0.15) is 0 Å². The Labute approximate surface area is 89.9 Å². The molecule has 3 heteroatoms. The maximum absolute atomic E-state index is 4.47. The molecule has 0 unspecified atom stereocenters. The summed E-state index contributed by atoms with van der Waals surface area (Å²) in [6, 6.07) is 4.26. The fourth-order valence-corrected chi connectivity index (χ4v) is 2.91. The summed E-state index contributed by atoms with van der Waals surface area (Å²) in [4.78, 5) is 4.47. The van der Waals surface area contributed by atoms with Crippen LogP contribution >= 0.6 is 27.3 Å². The van der Waals surface area contributed by atoms with Gasteiger partial charge >= 0.3 is 0 Å². The van der Waals surface area contributed by atoms with E-state index in [4.69, 9.17) is 0 Å². The Balaban J connectivity index is 2.80. The first-order valence-corrected chi connectivity index (χ1v) is 5.87. The third-order valence-corrected chi connectivity index (χ3v) is 3.54. The van der Waals surface area contributed by atoms with Gasteiger partial charge in [-0.1, -0.05) is 22.9 Å². The van der Waals surface area contributed by atoms with E-state index in [2.05, 4.69) is 46.9 Å². The summed E-state index contributed by atoms with van der Waals surface area (Å²) in [6.45, 7) is 4.23. The largest absolute Gasteiger partial charge is 0.241 e. The first kappa shape index (κ1) is 9.16. The van der Waals surface area contributed by atoms with E-state index in [1.54, 1.807) is 11.3 Å². The molecular formula is C10H10BrNS. The minimum Gasteiger partial charge on any atom is -0.241 e. The zero-order valence-electron chi connectivity index (χ0n) is 7.60. The van der Waals surface area contributed by atoms with Crippen molar-refractivity contribution < 1.29 is 0 Å². The van der Waals surface area contributed by atoms with Crippen LogP contribution in [0.5, 0.6) is 0 Å². The van der Waals surface area contributed by atoms with Gasteiger partial charge in [-0.05, 0) is 31.0 Å². The molecule has 1 aromatic heterocycles. The molecule has 0 bridgehead atoms. The zero-order valence-corrected chi connectivity index (χ0v) is 10.00. The van der Waals surface area contributed by atoms with Crippen LogP contribution in [0.3, 0.4) is 0 Å². The number of benzene rings is 1. The van der Waals surface area contributed by atoms with Crippen LogP contribution in [0.4, 0.5) is 0 Å². The highest BCUT2D eigenvalue weighted by molar-refractivity contribution is 9.10. The fraction of sp³-hybridized carbons (Fsp3) is 0.300. The van der Waals surface area contributed by atoms with E-state index in [0.717, 1.165) is 21.4 Å². The van der Waals surface area contributed by atoms with E-state index >= 15 is 0 Å². The predicted octanol–water partition coefficient (Wildman–Crippen LogP) is 3.93. The monoisotopic (exact) mass is 255 g/mol. The minimum absolute atomic E-state index is 1.07.